The van der Waals surface area contributed by atoms with Crippen molar-refractivity contribution in [1.29, 1.82) is 0 Å². The number of benzene rings is 1. The highest BCUT2D eigenvalue weighted by molar-refractivity contribution is 9.10. The number of methoxy groups -OCH3 is 1. The van der Waals surface area contributed by atoms with E-state index in [4.69, 9.17) is 10.6 Å². The van der Waals surface area contributed by atoms with E-state index in [0.29, 0.717) is 0 Å². The Balaban J connectivity index is 2.23. The van der Waals surface area contributed by atoms with E-state index < -0.39 is 0 Å². The van der Waals surface area contributed by atoms with Crippen LogP contribution in [0.25, 0.3) is 0 Å². The fourth-order valence-electron chi connectivity index (χ4n) is 2.32. The lowest BCUT2D eigenvalue weighted by Crippen LogP contribution is -2.30. The number of nitrogens with one attached hydrogen (secondary N) is 1. The second kappa shape index (κ2) is 7.06. The largest absolute Gasteiger partial charge is 0.496 e. The molecule has 0 spiro atoms. The van der Waals surface area contributed by atoms with Gasteiger partial charge in [0.05, 0.1) is 23.3 Å². The molecule has 0 radical (unpaired) electrons. The van der Waals surface area contributed by atoms with Gasteiger partial charge in [-0.25, -0.2) is 0 Å². The first-order chi connectivity index (χ1) is 10.1. The van der Waals surface area contributed by atoms with Crippen molar-refractivity contribution in [2.75, 3.05) is 7.11 Å². The minimum Gasteiger partial charge on any atom is -0.496 e. The van der Waals surface area contributed by atoms with Gasteiger partial charge in [0.1, 0.15) is 5.75 Å². The van der Waals surface area contributed by atoms with Gasteiger partial charge >= 0.3 is 0 Å². The van der Waals surface area contributed by atoms with Gasteiger partial charge in [-0.05, 0) is 46.1 Å². The summed E-state index contributed by atoms with van der Waals surface area (Å²) in [5.41, 5.74) is 6.24. The molecular weight excluding hydrogens is 332 g/mol. The molecular formula is C15H21BrN4O. The zero-order valence-corrected chi connectivity index (χ0v) is 14.1. The average molecular weight is 353 g/mol. The number of nitrogens with zero attached hydrogens (tertiary/aromatic N) is 2. The molecule has 0 saturated carbocycles. The van der Waals surface area contributed by atoms with E-state index in [-0.39, 0.29) is 6.04 Å². The van der Waals surface area contributed by atoms with Gasteiger partial charge in [0, 0.05) is 19.2 Å². The maximum atomic E-state index is 5.74. The lowest BCUT2D eigenvalue weighted by molar-refractivity contribution is 0.411. The maximum Gasteiger partial charge on any atom is 0.133 e. The number of hydrogen-bond acceptors (Lipinski definition) is 4. The van der Waals surface area contributed by atoms with Crippen LogP contribution in [0.3, 0.4) is 0 Å². The normalized spacial score (nSPS) is 12.4. The lowest BCUT2D eigenvalue weighted by Gasteiger charge is -2.17. The number of hydrogen-bond donors (Lipinski definition) is 2. The SMILES string of the molecule is CCc1cc(CC(NN)c2ccc(OC)c(Br)c2)n(C)n1. The summed E-state index contributed by atoms with van der Waals surface area (Å²) in [4.78, 5) is 0. The Morgan fingerprint density at radius 2 is 2.19 bits per heavy atom. The van der Waals surface area contributed by atoms with Crippen molar-refractivity contribution in [2.24, 2.45) is 12.9 Å². The maximum absolute atomic E-state index is 5.74. The van der Waals surface area contributed by atoms with E-state index in [1.807, 2.05) is 29.9 Å². The second-order valence-corrected chi connectivity index (χ2v) is 5.78. The van der Waals surface area contributed by atoms with Crippen LogP contribution >= 0.6 is 15.9 Å². The Hall–Kier alpha value is -1.37. The summed E-state index contributed by atoms with van der Waals surface area (Å²) < 4.78 is 8.09. The predicted octanol–water partition coefficient (Wildman–Crippen LogP) is 2.50. The molecule has 1 atom stereocenters. The molecule has 21 heavy (non-hydrogen) atoms. The number of rotatable bonds is 6. The van der Waals surface area contributed by atoms with Crippen LogP contribution in [0.4, 0.5) is 0 Å². The number of nitrogens with two attached hydrogens (primary N) is 1. The quantitative estimate of drug-likeness (QED) is 0.619. The molecule has 6 heteroatoms. The first kappa shape index (κ1) is 16.0. The fourth-order valence-corrected chi connectivity index (χ4v) is 2.88. The van der Waals surface area contributed by atoms with Crippen LogP contribution in [-0.2, 0) is 19.9 Å². The Labute approximate surface area is 133 Å². The smallest absolute Gasteiger partial charge is 0.133 e. The lowest BCUT2D eigenvalue weighted by atomic mass is 10.0. The number of hydrazine groups is 1. The Kier molecular flexibility index (Phi) is 5.39. The molecule has 0 aliphatic carbocycles. The summed E-state index contributed by atoms with van der Waals surface area (Å²) in [7, 11) is 3.62. The predicted molar refractivity (Wildman–Crippen MR) is 87.0 cm³/mol. The van der Waals surface area contributed by atoms with Crippen molar-refractivity contribution in [3.8, 4) is 5.75 Å². The van der Waals surface area contributed by atoms with Crippen molar-refractivity contribution in [3.05, 3.63) is 45.7 Å². The van der Waals surface area contributed by atoms with Gasteiger partial charge in [0.25, 0.3) is 0 Å². The van der Waals surface area contributed by atoms with Gasteiger partial charge in [-0.2, -0.15) is 5.10 Å². The van der Waals surface area contributed by atoms with Gasteiger partial charge in [-0.1, -0.05) is 13.0 Å². The molecule has 1 aromatic heterocycles. The van der Waals surface area contributed by atoms with Gasteiger partial charge < -0.3 is 4.74 Å². The molecule has 0 bridgehead atoms. The van der Waals surface area contributed by atoms with Crippen molar-refractivity contribution < 1.29 is 4.74 Å². The van der Waals surface area contributed by atoms with E-state index in [0.717, 1.165) is 40.0 Å². The number of aromatic nitrogens is 2. The molecule has 0 saturated heterocycles. The first-order valence-electron chi connectivity index (χ1n) is 6.90. The molecule has 0 aliphatic heterocycles. The minimum absolute atomic E-state index is 0.0207. The van der Waals surface area contributed by atoms with Gasteiger partial charge in [0.2, 0.25) is 0 Å². The molecule has 2 rings (SSSR count). The molecule has 1 heterocycles. The molecule has 1 unspecified atom stereocenters. The van der Waals surface area contributed by atoms with E-state index in [9.17, 15) is 0 Å². The summed E-state index contributed by atoms with van der Waals surface area (Å²) in [5, 5.41) is 4.47. The molecule has 0 amide bonds. The van der Waals surface area contributed by atoms with Crippen LogP contribution in [-0.4, -0.2) is 16.9 Å². The Morgan fingerprint density at radius 3 is 2.71 bits per heavy atom. The number of aryl methyl sites for hydroxylation is 2. The highest BCUT2D eigenvalue weighted by atomic mass is 79.9. The van der Waals surface area contributed by atoms with Crippen molar-refractivity contribution in [3.63, 3.8) is 0 Å². The third-order valence-corrected chi connectivity index (χ3v) is 4.20. The van der Waals surface area contributed by atoms with E-state index in [2.05, 4.69) is 39.4 Å². The van der Waals surface area contributed by atoms with Crippen molar-refractivity contribution in [2.45, 2.75) is 25.8 Å². The third-order valence-electron chi connectivity index (χ3n) is 3.58. The van der Waals surface area contributed by atoms with Crippen LogP contribution in [0.2, 0.25) is 0 Å². The first-order valence-corrected chi connectivity index (χ1v) is 7.69. The zero-order valence-electron chi connectivity index (χ0n) is 12.6. The molecule has 1 aromatic carbocycles. The number of halogens is 1. The summed E-state index contributed by atoms with van der Waals surface area (Å²) in [6, 6.07) is 8.13. The zero-order chi connectivity index (χ0) is 15.4. The van der Waals surface area contributed by atoms with Gasteiger partial charge in [-0.15, -0.1) is 0 Å². The minimum atomic E-state index is 0.0207. The van der Waals surface area contributed by atoms with Gasteiger partial charge in [0.15, 0.2) is 0 Å². The average Bonchev–Trinajstić information content (AvgIpc) is 2.85. The summed E-state index contributed by atoms with van der Waals surface area (Å²) in [5.74, 6) is 6.55. The monoisotopic (exact) mass is 352 g/mol. The molecule has 2 aromatic rings. The van der Waals surface area contributed by atoms with Crippen molar-refractivity contribution in [1.82, 2.24) is 15.2 Å². The summed E-state index contributed by atoms with van der Waals surface area (Å²) in [6.45, 7) is 2.10. The summed E-state index contributed by atoms with van der Waals surface area (Å²) in [6.07, 6.45) is 1.71. The molecule has 114 valence electrons. The molecule has 5 nitrogen and oxygen atoms in total. The van der Waals surface area contributed by atoms with E-state index in [1.54, 1.807) is 7.11 Å². The topological polar surface area (TPSA) is 65.1 Å². The molecule has 3 N–H and O–H groups in total. The molecule has 0 aliphatic rings. The van der Waals surface area contributed by atoms with Gasteiger partial charge in [-0.3, -0.25) is 16.0 Å². The highest BCUT2D eigenvalue weighted by Gasteiger charge is 2.15. The fraction of sp³-hybridized carbons (Fsp3) is 0.400. The Bertz CT molecular complexity index is 612. The van der Waals surface area contributed by atoms with Crippen LogP contribution in [0, 0.1) is 0 Å². The van der Waals surface area contributed by atoms with Crippen molar-refractivity contribution >= 4 is 15.9 Å². The van der Waals surface area contributed by atoms with E-state index in [1.165, 1.54) is 0 Å². The Morgan fingerprint density at radius 1 is 1.43 bits per heavy atom. The molecule has 0 fully saturated rings. The third kappa shape index (κ3) is 3.64. The second-order valence-electron chi connectivity index (χ2n) is 4.92. The van der Waals surface area contributed by atoms with Crippen LogP contribution in [0.1, 0.15) is 29.9 Å². The van der Waals surface area contributed by atoms with E-state index >= 15 is 0 Å². The van der Waals surface area contributed by atoms with Crippen LogP contribution < -0.4 is 16.0 Å². The standard InChI is InChI=1S/C15H21BrN4O/c1-4-11-8-12(20(2)19-11)9-14(18-17)10-5-6-15(21-3)13(16)7-10/h5-8,14,18H,4,9,17H2,1-3H3. The summed E-state index contributed by atoms with van der Waals surface area (Å²) >= 11 is 3.51. The van der Waals surface area contributed by atoms with Crippen LogP contribution in [0.15, 0.2) is 28.7 Å². The number of ether oxygens (including phenoxy) is 1. The highest BCUT2D eigenvalue weighted by Crippen LogP contribution is 2.29. The van der Waals surface area contributed by atoms with Crippen LogP contribution in [0.5, 0.6) is 5.75 Å².